The Morgan fingerprint density at radius 2 is 1.86 bits per heavy atom. The van der Waals surface area contributed by atoms with Gasteiger partial charge in [0.15, 0.2) is 0 Å². The van der Waals surface area contributed by atoms with Crippen molar-refractivity contribution < 1.29 is 5.11 Å². The van der Waals surface area contributed by atoms with E-state index in [0.717, 1.165) is 12.3 Å². The predicted molar refractivity (Wildman–Crippen MR) is 65.9 cm³/mol. The highest BCUT2D eigenvalue weighted by Crippen LogP contribution is 2.18. The minimum atomic E-state index is -0.582. The van der Waals surface area contributed by atoms with Gasteiger partial charge in [0.1, 0.15) is 0 Å². The number of likely N-dealkylation sites (N-methyl/N-ethyl adjacent to an activating group) is 1. The van der Waals surface area contributed by atoms with Crippen molar-refractivity contribution >= 4 is 11.8 Å². The van der Waals surface area contributed by atoms with Gasteiger partial charge in [-0.2, -0.15) is 11.8 Å². The molecule has 0 aromatic carbocycles. The summed E-state index contributed by atoms with van der Waals surface area (Å²) in [7, 11) is 2.08. The molecule has 0 radical (unpaired) electrons. The Bertz CT molecular complexity index is 159. The average molecular weight is 219 g/mol. The lowest BCUT2D eigenvalue weighted by molar-refractivity contribution is -0.0186. The first kappa shape index (κ1) is 14.3. The summed E-state index contributed by atoms with van der Waals surface area (Å²) in [4.78, 5) is 2.23. The van der Waals surface area contributed by atoms with Gasteiger partial charge in [0.25, 0.3) is 0 Å². The lowest BCUT2D eigenvalue weighted by atomic mass is 9.92. The second-order valence-corrected chi connectivity index (χ2v) is 5.64. The molecular weight excluding hydrogens is 194 g/mol. The van der Waals surface area contributed by atoms with Crippen molar-refractivity contribution in [3.63, 3.8) is 0 Å². The van der Waals surface area contributed by atoms with Gasteiger partial charge in [-0.05, 0) is 33.1 Å². The van der Waals surface area contributed by atoms with E-state index in [-0.39, 0.29) is 0 Å². The monoisotopic (exact) mass is 219 g/mol. The third kappa shape index (κ3) is 4.67. The average Bonchev–Trinajstić information content (AvgIpc) is 2.03. The Morgan fingerprint density at radius 1 is 1.36 bits per heavy atom. The van der Waals surface area contributed by atoms with Crippen LogP contribution < -0.4 is 0 Å². The molecule has 1 N–H and O–H groups in total. The van der Waals surface area contributed by atoms with Crippen LogP contribution in [-0.4, -0.2) is 47.3 Å². The number of aliphatic hydroxyl groups is 1. The lowest BCUT2D eigenvalue weighted by Crippen LogP contribution is -2.46. The van der Waals surface area contributed by atoms with Crippen LogP contribution in [0.3, 0.4) is 0 Å². The second kappa shape index (κ2) is 5.99. The molecule has 0 aliphatic heterocycles. The summed E-state index contributed by atoms with van der Waals surface area (Å²) in [5, 5.41) is 10.1. The van der Waals surface area contributed by atoms with Crippen LogP contribution in [0.4, 0.5) is 0 Å². The molecule has 0 spiro atoms. The minimum Gasteiger partial charge on any atom is -0.389 e. The van der Waals surface area contributed by atoms with Crippen molar-refractivity contribution in [3.05, 3.63) is 0 Å². The van der Waals surface area contributed by atoms with Gasteiger partial charge in [-0.15, -0.1) is 0 Å². The quantitative estimate of drug-likeness (QED) is 0.740. The number of thioether (sulfide) groups is 1. The van der Waals surface area contributed by atoms with E-state index in [0.29, 0.717) is 12.0 Å². The molecule has 0 aliphatic carbocycles. The fourth-order valence-corrected chi connectivity index (χ4v) is 1.95. The lowest BCUT2D eigenvalue weighted by Gasteiger charge is -2.35. The van der Waals surface area contributed by atoms with Crippen LogP contribution in [0.25, 0.3) is 0 Å². The van der Waals surface area contributed by atoms with E-state index in [2.05, 4.69) is 39.0 Å². The van der Waals surface area contributed by atoms with Crippen LogP contribution in [0, 0.1) is 5.92 Å². The van der Waals surface area contributed by atoms with Gasteiger partial charge in [0.05, 0.1) is 5.60 Å². The van der Waals surface area contributed by atoms with Gasteiger partial charge in [0, 0.05) is 18.3 Å². The summed E-state index contributed by atoms with van der Waals surface area (Å²) < 4.78 is 0. The van der Waals surface area contributed by atoms with E-state index >= 15 is 0 Å². The largest absolute Gasteiger partial charge is 0.389 e. The molecule has 0 fully saturated rings. The van der Waals surface area contributed by atoms with Crippen LogP contribution in [0.1, 0.15) is 27.7 Å². The maximum atomic E-state index is 10.1. The molecular formula is C11H25NOS. The molecule has 0 saturated carbocycles. The van der Waals surface area contributed by atoms with Gasteiger partial charge in [-0.3, -0.25) is 0 Å². The first-order chi connectivity index (χ1) is 6.31. The van der Waals surface area contributed by atoms with Crippen molar-refractivity contribution in [1.29, 1.82) is 0 Å². The van der Waals surface area contributed by atoms with Crippen molar-refractivity contribution in [3.8, 4) is 0 Å². The highest BCUT2D eigenvalue weighted by atomic mass is 32.2. The molecule has 0 aromatic rings. The number of hydrogen-bond acceptors (Lipinski definition) is 3. The molecule has 0 saturated heterocycles. The SMILES string of the molecule is CSCC(C)N(C)CC(C)(O)C(C)C. The van der Waals surface area contributed by atoms with E-state index < -0.39 is 5.60 Å². The Hall–Kier alpha value is 0.270. The van der Waals surface area contributed by atoms with Crippen LogP contribution in [0.5, 0.6) is 0 Å². The first-order valence-corrected chi connectivity index (χ1v) is 6.62. The maximum Gasteiger partial charge on any atom is 0.0768 e. The summed E-state index contributed by atoms with van der Waals surface area (Å²) in [6.45, 7) is 8.99. The summed E-state index contributed by atoms with van der Waals surface area (Å²) in [5.74, 6) is 1.41. The second-order valence-electron chi connectivity index (χ2n) is 4.73. The molecule has 0 bridgehead atoms. The van der Waals surface area contributed by atoms with Crippen molar-refractivity contribution in [1.82, 2.24) is 4.90 Å². The first-order valence-electron chi connectivity index (χ1n) is 5.22. The van der Waals surface area contributed by atoms with E-state index in [1.165, 1.54) is 0 Å². The van der Waals surface area contributed by atoms with E-state index in [9.17, 15) is 5.11 Å². The fraction of sp³-hybridized carbons (Fsp3) is 1.00. The molecule has 2 unspecified atom stereocenters. The highest BCUT2D eigenvalue weighted by Gasteiger charge is 2.27. The van der Waals surface area contributed by atoms with Crippen molar-refractivity contribution in [2.24, 2.45) is 5.92 Å². The molecule has 0 rings (SSSR count). The van der Waals surface area contributed by atoms with Crippen LogP contribution >= 0.6 is 11.8 Å². The molecule has 2 nitrogen and oxygen atoms in total. The minimum absolute atomic E-state index is 0.298. The smallest absolute Gasteiger partial charge is 0.0768 e. The standard InChI is InChI=1S/C11H25NOS/c1-9(2)11(4,13)8-12(5)10(3)7-14-6/h9-10,13H,7-8H2,1-6H3. The number of rotatable bonds is 6. The normalized spacial score (nSPS) is 18.6. The van der Waals surface area contributed by atoms with Gasteiger partial charge in [-0.1, -0.05) is 13.8 Å². The Morgan fingerprint density at radius 3 is 2.21 bits per heavy atom. The van der Waals surface area contributed by atoms with Crippen LogP contribution in [0.15, 0.2) is 0 Å². The van der Waals surface area contributed by atoms with Crippen LogP contribution in [0.2, 0.25) is 0 Å². The number of hydrogen-bond donors (Lipinski definition) is 1. The third-order valence-corrected chi connectivity index (χ3v) is 3.79. The van der Waals surface area contributed by atoms with Gasteiger partial charge >= 0.3 is 0 Å². The molecule has 86 valence electrons. The van der Waals surface area contributed by atoms with Crippen molar-refractivity contribution in [2.75, 3.05) is 25.6 Å². The van der Waals surface area contributed by atoms with E-state index in [1.54, 1.807) is 0 Å². The van der Waals surface area contributed by atoms with E-state index in [4.69, 9.17) is 0 Å². The molecule has 3 heteroatoms. The summed E-state index contributed by atoms with van der Waals surface area (Å²) in [6.07, 6.45) is 2.12. The molecule has 0 aliphatic rings. The predicted octanol–water partition coefficient (Wildman–Crippen LogP) is 2.08. The Labute approximate surface area is 93.1 Å². The maximum absolute atomic E-state index is 10.1. The van der Waals surface area contributed by atoms with Crippen LogP contribution in [-0.2, 0) is 0 Å². The van der Waals surface area contributed by atoms with Gasteiger partial charge < -0.3 is 10.0 Å². The third-order valence-electron chi connectivity index (χ3n) is 2.97. The van der Waals surface area contributed by atoms with Gasteiger partial charge in [-0.25, -0.2) is 0 Å². The molecule has 2 atom stereocenters. The highest BCUT2D eigenvalue weighted by molar-refractivity contribution is 7.98. The molecule has 14 heavy (non-hydrogen) atoms. The van der Waals surface area contributed by atoms with E-state index in [1.807, 2.05) is 18.7 Å². The topological polar surface area (TPSA) is 23.5 Å². The zero-order chi connectivity index (χ0) is 11.4. The summed E-state index contributed by atoms with van der Waals surface area (Å²) in [5.41, 5.74) is -0.582. The molecule has 0 amide bonds. The Kier molecular flexibility index (Phi) is 6.10. The zero-order valence-corrected chi connectivity index (χ0v) is 11.2. The summed E-state index contributed by atoms with van der Waals surface area (Å²) >= 11 is 1.85. The van der Waals surface area contributed by atoms with Gasteiger partial charge in [0.2, 0.25) is 0 Å². The molecule has 0 heterocycles. The number of nitrogens with zero attached hydrogens (tertiary/aromatic N) is 1. The fourth-order valence-electron chi connectivity index (χ4n) is 1.21. The summed E-state index contributed by atoms with van der Waals surface area (Å²) in [6, 6.07) is 0.523. The van der Waals surface area contributed by atoms with Crippen molar-refractivity contribution in [2.45, 2.75) is 39.3 Å². The zero-order valence-electron chi connectivity index (χ0n) is 10.4. The Balaban J connectivity index is 4.10. The molecule has 0 aromatic heterocycles.